The van der Waals surface area contributed by atoms with E-state index in [-0.39, 0.29) is 5.82 Å². The van der Waals surface area contributed by atoms with Gasteiger partial charge in [0.15, 0.2) is 0 Å². The topological polar surface area (TPSA) is 48.7 Å². The first-order valence-electron chi connectivity index (χ1n) is 8.63. The van der Waals surface area contributed by atoms with Gasteiger partial charge in [-0.2, -0.15) is 5.26 Å². The molecule has 6 heteroatoms. The van der Waals surface area contributed by atoms with E-state index < -0.39 is 0 Å². The molecule has 2 aromatic carbocycles. The molecule has 26 heavy (non-hydrogen) atoms. The molecule has 0 aliphatic carbocycles. The number of benzene rings is 2. The monoisotopic (exact) mass is 355 g/mol. The lowest BCUT2D eigenvalue weighted by molar-refractivity contribution is 0.200. The van der Waals surface area contributed by atoms with Gasteiger partial charge in [0.05, 0.1) is 24.4 Å². The van der Waals surface area contributed by atoms with Crippen LogP contribution >= 0.6 is 0 Å². The number of piperazine rings is 1. The van der Waals surface area contributed by atoms with Crippen LogP contribution in [-0.2, 0) is 0 Å². The first-order valence-corrected chi connectivity index (χ1v) is 8.63. The average molecular weight is 355 g/mol. The second-order valence-electron chi connectivity index (χ2n) is 6.13. The third kappa shape index (κ3) is 4.44. The molecule has 0 radical (unpaired) electrons. The summed E-state index contributed by atoms with van der Waals surface area (Å²) in [6.45, 7) is 4.92. The Bertz CT molecular complexity index is 783. The standard InChI is InChI=1S/C20H22FN3O2/c1-25-20-14-17(21)5-6-19(20)24-9-7-23(8-10-24)11-12-26-18-4-2-3-16(13-18)15-22/h2-6,13-14H,7-12H2,1H3. The summed E-state index contributed by atoms with van der Waals surface area (Å²) in [6.07, 6.45) is 0. The fourth-order valence-corrected chi connectivity index (χ4v) is 3.07. The number of anilines is 1. The van der Waals surface area contributed by atoms with Gasteiger partial charge in [-0.3, -0.25) is 4.90 Å². The van der Waals surface area contributed by atoms with Gasteiger partial charge in [0.25, 0.3) is 0 Å². The van der Waals surface area contributed by atoms with Crippen molar-refractivity contribution in [3.8, 4) is 17.6 Å². The van der Waals surface area contributed by atoms with E-state index in [0.717, 1.165) is 44.2 Å². The van der Waals surface area contributed by atoms with Gasteiger partial charge in [-0.25, -0.2) is 4.39 Å². The van der Waals surface area contributed by atoms with Crippen molar-refractivity contribution in [2.24, 2.45) is 0 Å². The third-order valence-electron chi connectivity index (χ3n) is 4.49. The zero-order valence-corrected chi connectivity index (χ0v) is 14.8. The number of rotatable bonds is 6. The van der Waals surface area contributed by atoms with Crippen molar-refractivity contribution in [2.75, 3.05) is 51.3 Å². The Morgan fingerprint density at radius 3 is 2.65 bits per heavy atom. The largest absolute Gasteiger partial charge is 0.494 e. The summed E-state index contributed by atoms with van der Waals surface area (Å²) in [4.78, 5) is 4.55. The van der Waals surface area contributed by atoms with Crippen molar-refractivity contribution in [3.05, 3.63) is 53.8 Å². The number of methoxy groups -OCH3 is 1. The van der Waals surface area contributed by atoms with E-state index >= 15 is 0 Å². The molecule has 1 saturated heterocycles. The van der Waals surface area contributed by atoms with Crippen LogP contribution in [0.1, 0.15) is 5.56 Å². The molecule has 0 saturated carbocycles. The third-order valence-corrected chi connectivity index (χ3v) is 4.49. The molecule has 0 amide bonds. The zero-order valence-electron chi connectivity index (χ0n) is 14.8. The summed E-state index contributed by atoms with van der Waals surface area (Å²) in [5.74, 6) is 1.000. The molecule has 2 aromatic rings. The molecule has 0 N–H and O–H groups in total. The molecule has 1 aliphatic heterocycles. The Morgan fingerprint density at radius 1 is 1.12 bits per heavy atom. The Labute approximate surface area is 153 Å². The number of halogens is 1. The van der Waals surface area contributed by atoms with Gasteiger partial charge in [-0.05, 0) is 30.3 Å². The maximum absolute atomic E-state index is 13.4. The highest BCUT2D eigenvalue weighted by atomic mass is 19.1. The molecule has 136 valence electrons. The van der Waals surface area contributed by atoms with Gasteiger partial charge >= 0.3 is 0 Å². The van der Waals surface area contributed by atoms with Crippen molar-refractivity contribution in [3.63, 3.8) is 0 Å². The predicted octanol–water partition coefficient (Wildman–Crippen LogP) is 2.91. The lowest BCUT2D eigenvalue weighted by Crippen LogP contribution is -2.47. The van der Waals surface area contributed by atoms with Crippen LogP contribution in [0.25, 0.3) is 0 Å². The van der Waals surface area contributed by atoms with Gasteiger partial charge in [-0.1, -0.05) is 6.07 Å². The van der Waals surface area contributed by atoms with Crippen LogP contribution in [0, 0.1) is 17.1 Å². The van der Waals surface area contributed by atoms with Gasteiger partial charge in [-0.15, -0.1) is 0 Å². The fraction of sp³-hybridized carbons (Fsp3) is 0.350. The van der Waals surface area contributed by atoms with Gasteiger partial charge < -0.3 is 14.4 Å². The molecule has 0 spiro atoms. The van der Waals surface area contributed by atoms with Crippen molar-refractivity contribution in [1.29, 1.82) is 5.26 Å². The summed E-state index contributed by atoms with van der Waals surface area (Å²) in [5, 5.41) is 8.91. The quantitative estimate of drug-likeness (QED) is 0.797. The Kier molecular flexibility index (Phi) is 5.92. The summed E-state index contributed by atoms with van der Waals surface area (Å²) in [5.41, 5.74) is 1.53. The molecule has 1 heterocycles. The highest BCUT2D eigenvalue weighted by molar-refractivity contribution is 5.59. The normalized spacial score (nSPS) is 14.7. The lowest BCUT2D eigenvalue weighted by Gasteiger charge is -2.36. The van der Waals surface area contributed by atoms with Crippen molar-refractivity contribution >= 4 is 5.69 Å². The smallest absolute Gasteiger partial charge is 0.145 e. The zero-order chi connectivity index (χ0) is 18.4. The number of ether oxygens (including phenoxy) is 2. The minimum Gasteiger partial charge on any atom is -0.494 e. The van der Waals surface area contributed by atoms with Crippen molar-refractivity contribution in [1.82, 2.24) is 4.90 Å². The lowest BCUT2D eigenvalue weighted by atomic mass is 10.2. The van der Waals surface area contributed by atoms with Crippen LogP contribution in [0.15, 0.2) is 42.5 Å². The van der Waals surface area contributed by atoms with E-state index in [1.807, 2.05) is 12.1 Å². The Hall–Kier alpha value is -2.78. The molecule has 0 bridgehead atoms. The van der Waals surface area contributed by atoms with Crippen LogP contribution in [0.2, 0.25) is 0 Å². The van der Waals surface area contributed by atoms with E-state index in [1.165, 1.54) is 12.1 Å². The maximum Gasteiger partial charge on any atom is 0.145 e. The molecular formula is C20H22FN3O2. The van der Waals surface area contributed by atoms with Crippen LogP contribution in [0.5, 0.6) is 11.5 Å². The molecule has 1 aliphatic rings. The molecular weight excluding hydrogens is 333 g/mol. The molecule has 5 nitrogen and oxygen atoms in total. The van der Waals surface area contributed by atoms with Crippen LogP contribution < -0.4 is 14.4 Å². The summed E-state index contributed by atoms with van der Waals surface area (Å²) < 4.78 is 24.4. The predicted molar refractivity (Wildman–Crippen MR) is 98.3 cm³/mol. The second kappa shape index (κ2) is 8.54. The van der Waals surface area contributed by atoms with E-state index in [0.29, 0.717) is 17.9 Å². The SMILES string of the molecule is COc1cc(F)ccc1N1CCN(CCOc2cccc(C#N)c2)CC1. The summed E-state index contributed by atoms with van der Waals surface area (Å²) in [7, 11) is 1.56. The summed E-state index contributed by atoms with van der Waals surface area (Å²) >= 11 is 0. The van der Waals surface area contributed by atoms with Gasteiger partial charge in [0.1, 0.15) is 23.9 Å². The van der Waals surface area contributed by atoms with Crippen LogP contribution in [0.3, 0.4) is 0 Å². The van der Waals surface area contributed by atoms with E-state index in [1.54, 1.807) is 25.3 Å². The molecule has 0 atom stereocenters. The molecule has 1 fully saturated rings. The van der Waals surface area contributed by atoms with Crippen LogP contribution in [-0.4, -0.2) is 51.3 Å². The molecule has 3 rings (SSSR count). The minimum absolute atomic E-state index is 0.290. The number of nitrogens with zero attached hydrogens (tertiary/aromatic N) is 3. The molecule has 0 aromatic heterocycles. The Morgan fingerprint density at radius 2 is 1.92 bits per heavy atom. The summed E-state index contributed by atoms with van der Waals surface area (Å²) in [6, 6.07) is 14.0. The second-order valence-corrected chi connectivity index (χ2v) is 6.13. The van der Waals surface area contributed by atoms with Gasteiger partial charge in [0.2, 0.25) is 0 Å². The van der Waals surface area contributed by atoms with Crippen LogP contribution in [0.4, 0.5) is 10.1 Å². The van der Waals surface area contributed by atoms with Gasteiger partial charge in [0, 0.05) is 38.8 Å². The minimum atomic E-state index is -0.290. The highest BCUT2D eigenvalue weighted by Crippen LogP contribution is 2.29. The first-order chi connectivity index (χ1) is 12.7. The van der Waals surface area contributed by atoms with E-state index in [9.17, 15) is 4.39 Å². The fourth-order valence-electron chi connectivity index (χ4n) is 3.07. The first kappa shape index (κ1) is 18.0. The van der Waals surface area contributed by atoms with Crippen molar-refractivity contribution < 1.29 is 13.9 Å². The highest BCUT2D eigenvalue weighted by Gasteiger charge is 2.19. The Balaban J connectivity index is 1.47. The van der Waals surface area contributed by atoms with Crippen molar-refractivity contribution in [2.45, 2.75) is 0 Å². The number of nitriles is 1. The molecule has 0 unspecified atom stereocenters. The van der Waals surface area contributed by atoms with E-state index in [2.05, 4.69) is 15.9 Å². The average Bonchev–Trinajstić information content (AvgIpc) is 2.68. The number of hydrogen-bond donors (Lipinski definition) is 0. The van der Waals surface area contributed by atoms with E-state index in [4.69, 9.17) is 14.7 Å². The number of hydrogen-bond acceptors (Lipinski definition) is 5. The maximum atomic E-state index is 13.4.